The second kappa shape index (κ2) is 6.66. The number of nitro benzene ring substituents is 1. The Hall–Kier alpha value is -2.96. The van der Waals surface area contributed by atoms with Crippen molar-refractivity contribution in [2.75, 3.05) is 10.6 Å². The minimum absolute atomic E-state index is 0.0339. The lowest BCUT2D eigenvalue weighted by Gasteiger charge is -2.10. The van der Waals surface area contributed by atoms with E-state index in [9.17, 15) is 19.3 Å². The molecule has 0 fully saturated rings. The van der Waals surface area contributed by atoms with Gasteiger partial charge in [-0.2, -0.15) is 0 Å². The molecule has 0 unspecified atom stereocenters. The van der Waals surface area contributed by atoms with Crippen LogP contribution in [0.5, 0.6) is 0 Å². The first kappa shape index (κ1) is 15.4. The van der Waals surface area contributed by atoms with Crippen molar-refractivity contribution in [3.63, 3.8) is 0 Å². The minimum Gasteiger partial charge on any atom is -0.378 e. The molecule has 0 aliphatic carbocycles. The lowest BCUT2D eigenvalue weighted by Crippen LogP contribution is -2.08. The van der Waals surface area contributed by atoms with Gasteiger partial charge in [0.1, 0.15) is 5.82 Å². The zero-order chi connectivity index (χ0) is 16.1. The monoisotopic (exact) mass is 303 g/mol. The number of anilines is 2. The molecule has 2 aromatic carbocycles. The molecule has 22 heavy (non-hydrogen) atoms. The van der Waals surface area contributed by atoms with Crippen LogP contribution < -0.4 is 10.6 Å². The normalized spacial score (nSPS) is 10.1. The van der Waals surface area contributed by atoms with E-state index in [1.54, 1.807) is 18.2 Å². The Labute approximate surface area is 126 Å². The van der Waals surface area contributed by atoms with Crippen LogP contribution in [0.4, 0.5) is 21.5 Å². The highest BCUT2D eigenvalue weighted by Crippen LogP contribution is 2.23. The molecular weight excluding hydrogens is 289 g/mol. The number of nitrogens with zero attached hydrogens (tertiary/aromatic N) is 1. The maximum atomic E-state index is 13.8. The molecule has 2 aromatic rings. The molecular formula is C15H14FN3O3. The number of benzene rings is 2. The zero-order valence-electron chi connectivity index (χ0n) is 11.8. The smallest absolute Gasteiger partial charge is 0.274 e. The molecule has 0 aromatic heterocycles. The van der Waals surface area contributed by atoms with Gasteiger partial charge in [0.05, 0.1) is 10.6 Å². The number of halogens is 1. The number of hydrogen-bond donors (Lipinski definition) is 2. The van der Waals surface area contributed by atoms with E-state index in [0.29, 0.717) is 11.3 Å². The molecule has 0 aliphatic heterocycles. The SMILES string of the molecule is CC(=O)Nc1ccc(F)c(NCc2ccccc2[N+](=O)[O-])c1. The third-order valence-corrected chi connectivity index (χ3v) is 2.94. The molecule has 114 valence electrons. The summed E-state index contributed by atoms with van der Waals surface area (Å²) >= 11 is 0. The van der Waals surface area contributed by atoms with Crippen LogP contribution in [-0.2, 0) is 11.3 Å². The van der Waals surface area contributed by atoms with Gasteiger partial charge < -0.3 is 10.6 Å². The lowest BCUT2D eigenvalue weighted by atomic mass is 10.1. The van der Waals surface area contributed by atoms with Crippen molar-refractivity contribution in [1.29, 1.82) is 0 Å². The first-order valence-electron chi connectivity index (χ1n) is 6.50. The highest BCUT2D eigenvalue weighted by Gasteiger charge is 2.12. The van der Waals surface area contributed by atoms with Crippen molar-refractivity contribution >= 4 is 23.0 Å². The molecule has 0 saturated carbocycles. The second-order valence-electron chi connectivity index (χ2n) is 4.62. The average Bonchev–Trinajstić information content (AvgIpc) is 2.47. The van der Waals surface area contributed by atoms with Crippen molar-refractivity contribution in [1.82, 2.24) is 0 Å². The maximum Gasteiger partial charge on any atom is 0.274 e. The Balaban J connectivity index is 2.18. The standard InChI is InChI=1S/C15H14FN3O3/c1-10(20)18-12-6-7-13(16)14(8-12)17-9-11-4-2-3-5-15(11)19(21)22/h2-8,17H,9H2,1H3,(H,18,20). The summed E-state index contributed by atoms with van der Waals surface area (Å²) in [6.07, 6.45) is 0. The van der Waals surface area contributed by atoms with E-state index in [0.717, 1.165) is 0 Å². The number of carbonyl (C=O) groups excluding carboxylic acids is 1. The topological polar surface area (TPSA) is 84.3 Å². The van der Waals surface area contributed by atoms with Gasteiger partial charge in [-0.25, -0.2) is 4.39 Å². The van der Waals surface area contributed by atoms with Gasteiger partial charge >= 0.3 is 0 Å². The number of nitro groups is 1. The van der Waals surface area contributed by atoms with Gasteiger partial charge in [0.25, 0.3) is 5.69 Å². The van der Waals surface area contributed by atoms with Gasteiger partial charge in [0, 0.05) is 30.8 Å². The van der Waals surface area contributed by atoms with Crippen LogP contribution >= 0.6 is 0 Å². The molecule has 0 radical (unpaired) electrons. The fraction of sp³-hybridized carbons (Fsp3) is 0.133. The Bertz CT molecular complexity index is 719. The molecule has 0 atom stereocenters. The summed E-state index contributed by atoms with van der Waals surface area (Å²) in [4.78, 5) is 21.5. The van der Waals surface area contributed by atoms with Crippen LogP contribution in [0.3, 0.4) is 0 Å². The van der Waals surface area contributed by atoms with Crippen LogP contribution in [0.25, 0.3) is 0 Å². The van der Waals surface area contributed by atoms with Crippen LogP contribution in [-0.4, -0.2) is 10.8 Å². The molecule has 7 heteroatoms. The van der Waals surface area contributed by atoms with E-state index in [-0.39, 0.29) is 23.8 Å². The average molecular weight is 303 g/mol. The molecule has 2 rings (SSSR count). The van der Waals surface area contributed by atoms with E-state index in [2.05, 4.69) is 10.6 Å². The van der Waals surface area contributed by atoms with Crippen LogP contribution in [0.15, 0.2) is 42.5 Å². The molecule has 0 heterocycles. The summed E-state index contributed by atoms with van der Waals surface area (Å²) in [7, 11) is 0. The maximum absolute atomic E-state index is 13.8. The highest BCUT2D eigenvalue weighted by molar-refractivity contribution is 5.89. The fourth-order valence-corrected chi connectivity index (χ4v) is 1.97. The quantitative estimate of drug-likeness (QED) is 0.655. The minimum atomic E-state index is -0.507. The van der Waals surface area contributed by atoms with E-state index in [1.807, 2.05) is 0 Å². The first-order valence-corrected chi connectivity index (χ1v) is 6.50. The van der Waals surface area contributed by atoms with E-state index in [1.165, 1.54) is 31.2 Å². The number of carbonyl (C=O) groups is 1. The number of hydrogen-bond acceptors (Lipinski definition) is 4. The van der Waals surface area contributed by atoms with Crippen LogP contribution in [0.2, 0.25) is 0 Å². The van der Waals surface area contributed by atoms with Crippen molar-refractivity contribution in [3.05, 3.63) is 64.0 Å². The van der Waals surface area contributed by atoms with Crippen LogP contribution in [0.1, 0.15) is 12.5 Å². The van der Waals surface area contributed by atoms with Gasteiger partial charge in [-0.1, -0.05) is 18.2 Å². The summed E-state index contributed by atoms with van der Waals surface area (Å²) in [5.41, 5.74) is 1.01. The second-order valence-corrected chi connectivity index (χ2v) is 4.62. The van der Waals surface area contributed by atoms with E-state index < -0.39 is 10.7 Å². The van der Waals surface area contributed by atoms with Gasteiger partial charge in [-0.3, -0.25) is 14.9 Å². The van der Waals surface area contributed by atoms with Crippen molar-refractivity contribution in [2.24, 2.45) is 0 Å². The molecule has 0 spiro atoms. The van der Waals surface area contributed by atoms with Crippen molar-refractivity contribution in [3.8, 4) is 0 Å². The molecule has 0 bridgehead atoms. The number of amides is 1. The summed E-state index contributed by atoms with van der Waals surface area (Å²) in [5.74, 6) is -0.774. The third-order valence-electron chi connectivity index (χ3n) is 2.94. The Morgan fingerprint density at radius 2 is 2.00 bits per heavy atom. The lowest BCUT2D eigenvalue weighted by molar-refractivity contribution is -0.385. The van der Waals surface area contributed by atoms with Gasteiger partial charge in [-0.15, -0.1) is 0 Å². The summed E-state index contributed by atoms with van der Waals surface area (Å²) < 4.78 is 13.8. The molecule has 6 nitrogen and oxygen atoms in total. The Morgan fingerprint density at radius 1 is 1.27 bits per heavy atom. The zero-order valence-corrected chi connectivity index (χ0v) is 11.8. The van der Waals surface area contributed by atoms with E-state index in [4.69, 9.17) is 0 Å². The predicted molar refractivity (Wildman–Crippen MR) is 81.1 cm³/mol. The Kier molecular flexibility index (Phi) is 4.67. The van der Waals surface area contributed by atoms with Crippen molar-refractivity contribution in [2.45, 2.75) is 13.5 Å². The van der Waals surface area contributed by atoms with Gasteiger partial charge in [0.2, 0.25) is 5.91 Å². The summed E-state index contributed by atoms with van der Waals surface area (Å²) in [6.45, 7) is 1.45. The molecule has 0 saturated heterocycles. The first-order chi connectivity index (χ1) is 10.5. The third kappa shape index (κ3) is 3.78. The summed E-state index contributed by atoms with van der Waals surface area (Å²) in [5, 5.41) is 16.3. The number of para-hydroxylation sites is 1. The Morgan fingerprint density at radius 3 is 2.68 bits per heavy atom. The van der Waals surface area contributed by atoms with E-state index >= 15 is 0 Å². The highest BCUT2D eigenvalue weighted by atomic mass is 19.1. The molecule has 2 N–H and O–H groups in total. The summed E-state index contributed by atoms with van der Waals surface area (Å²) in [6, 6.07) is 10.3. The number of nitrogens with one attached hydrogen (secondary N) is 2. The van der Waals surface area contributed by atoms with Gasteiger partial charge in [0.15, 0.2) is 0 Å². The molecule has 0 aliphatic rings. The predicted octanol–water partition coefficient (Wildman–Crippen LogP) is 3.30. The number of rotatable bonds is 5. The largest absolute Gasteiger partial charge is 0.378 e. The van der Waals surface area contributed by atoms with Crippen molar-refractivity contribution < 1.29 is 14.1 Å². The van der Waals surface area contributed by atoms with Crippen LogP contribution in [0, 0.1) is 15.9 Å². The fourth-order valence-electron chi connectivity index (χ4n) is 1.97. The van der Waals surface area contributed by atoms with Gasteiger partial charge in [-0.05, 0) is 18.2 Å². The molecule has 1 amide bonds.